The molecule has 0 radical (unpaired) electrons. The maximum atomic E-state index is 11.1. The summed E-state index contributed by atoms with van der Waals surface area (Å²) in [4.78, 5) is 18.5. The molecule has 26 heavy (non-hydrogen) atoms. The number of piperazine rings is 1. The Kier molecular flexibility index (Phi) is 6.88. The first-order chi connectivity index (χ1) is 12.6. The molecule has 0 bridgehead atoms. The van der Waals surface area contributed by atoms with E-state index in [9.17, 15) is 4.79 Å². The smallest absolute Gasteiger partial charge is 0.303 e. The van der Waals surface area contributed by atoms with E-state index in [1.165, 1.54) is 0 Å². The second-order valence-corrected chi connectivity index (χ2v) is 7.57. The van der Waals surface area contributed by atoms with Crippen LogP contribution in [0.5, 0.6) is 0 Å². The van der Waals surface area contributed by atoms with E-state index in [0.717, 1.165) is 64.4 Å². The topological polar surface area (TPSA) is 60.2 Å². The first-order valence-corrected chi connectivity index (χ1v) is 9.68. The minimum atomic E-state index is -0.683. The van der Waals surface area contributed by atoms with Gasteiger partial charge in [0, 0.05) is 51.7 Å². The number of carboxylic acid groups (broad SMARTS) is 1. The summed E-state index contributed by atoms with van der Waals surface area (Å²) in [6.07, 6.45) is 8.00. The second-order valence-electron chi connectivity index (χ2n) is 7.57. The summed E-state index contributed by atoms with van der Waals surface area (Å²) >= 11 is 0. The van der Waals surface area contributed by atoms with E-state index < -0.39 is 5.97 Å². The van der Waals surface area contributed by atoms with Crippen LogP contribution in [-0.4, -0.2) is 84.7 Å². The fourth-order valence-electron chi connectivity index (χ4n) is 4.19. The molecule has 6 nitrogen and oxygen atoms in total. The highest BCUT2D eigenvalue weighted by molar-refractivity contribution is 5.66. The van der Waals surface area contributed by atoms with Crippen molar-refractivity contribution in [3.8, 4) is 0 Å². The highest BCUT2D eigenvalue weighted by Crippen LogP contribution is 2.27. The zero-order valence-electron chi connectivity index (χ0n) is 15.7. The zero-order valence-corrected chi connectivity index (χ0v) is 15.7. The highest BCUT2D eigenvalue weighted by Gasteiger charge is 2.34. The van der Waals surface area contributed by atoms with Crippen molar-refractivity contribution < 1.29 is 14.3 Å². The average Bonchev–Trinajstić information content (AvgIpc) is 3.14. The van der Waals surface area contributed by atoms with Crippen LogP contribution >= 0.6 is 0 Å². The zero-order chi connectivity index (χ0) is 18.4. The van der Waals surface area contributed by atoms with Crippen molar-refractivity contribution in [1.29, 1.82) is 0 Å². The average molecular weight is 361 g/mol. The first kappa shape index (κ1) is 19.1. The van der Waals surface area contributed by atoms with Crippen LogP contribution in [0.25, 0.3) is 6.08 Å². The van der Waals surface area contributed by atoms with Gasteiger partial charge >= 0.3 is 5.97 Å². The van der Waals surface area contributed by atoms with E-state index in [4.69, 9.17) is 9.52 Å². The summed E-state index contributed by atoms with van der Waals surface area (Å²) in [6, 6.07) is 4.36. The maximum absolute atomic E-state index is 11.1. The molecule has 0 amide bonds. The molecule has 2 unspecified atom stereocenters. The number of nitrogens with zero attached hydrogens (tertiary/aromatic N) is 3. The molecule has 2 fully saturated rings. The normalized spacial score (nSPS) is 26.5. The van der Waals surface area contributed by atoms with Gasteiger partial charge < -0.3 is 14.4 Å². The Morgan fingerprint density at radius 3 is 2.81 bits per heavy atom. The summed E-state index contributed by atoms with van der Waals surface area (Å²) in [5.74, 6) is 0.622. The number of likely N-dealkylation sites (tertiary alicyclic amines) is 1. The number of carbonyl (C=O) groups is 1. The lowest BCUT2D eigenvalue weighted by Crippen LogP contribution is -2.56. The molecule has 2 aliphatic heterocycles. The van der Waals surface area contributed by atoms with Gasteiger partial charge in [-0.25, -0.2) is 0 Å². The van der Waals surface area contributed by atoms with Gasteiger partial charge in [-0.05, 0) is 50.6 Å². The third-order valence-electron chi connectivity index (χ3n) is 5.70. The van der Waals surface area contributed by atoms with Crippen LogP contribution in [0.1, 0.15) is 25.0 Å². The predicted octanol–water partition coefficient (Wildman–Crippen LogP) is 2.10. The number of aliphatic carboxylic acids is 1. The standard InChI is InChI=1S/C20H31N3O3/c1-21-11-13-23(14-12-21)19-8-10-22(16-17(19)6-7-20(24)25)9-2-4-18-5-3-15-26-18/h2-5,15,17,19H,6-14,16H2,1H3,(H,24,25). The lowest BCUT2D eigenvalue weighted by molar-refractivity contribution is -0.137. The van der Waals surface area contributed by atoms with Crippen molar-refractivity contribution in [1.82, 2.24) is 14.7 Å². The van der Waals surface area contributed by atoms with Crippen molar-refractivity contribution in [2.24, 2.45) is 5.92 Å². The molecule has 1 aromatic heterocycles. The summed E-state index contributed by atoms with van der Waals surface area (Å²) in [7, 11) is 2.17. The summed E-state index contributed by atoms with van der Waals surface area (Å²) in [5.41, 5.74) is 0. The van der Waals surface area contributed by atoms with Crippen LogP contribution in [0.2, 0.25) is 0 Å². The van der Waals surface area contributed by atoms with Gasteiger partial charge in [0.25, 0.3) is 0 Å². The molecule has 0 saturated carbocycles. The molecule has 0 spiro atoms. The monoisotopic (exact) mass is 361 g/mol. The van der Waals surface area contributed by atoms with E-state index in [1.54, 1.807) is 6.26 Å². The Balaban J connectivity index is 1.56. The minimum Gasteiger partial charge on any atom is -0.481 e. The Morgan fingerprint density at radius 1 is 1.31 bits per heavy atom. The van der Waals surface area contributed by atoms with Gasteiger partial charge in [0.1, 0.15) is 5.76 Å². The van der Waals surface area contributed by atoms with Crippen molar-refractivity contribution in [3.63, 3.8) is 0 Å². The molecule has 2 saturated heterocycles. The number of furan rings is 1. The largest absolute Gasteiger partial charge is 0.481 e. The Labute approximate surface area is 156 Å². The van der Waals surface area contributed by atoms with Crippen LogP contribution < -0.4 is 0 Å². The molecule has 6 heteroatoms. The number of hydrogen-bond acceptors (Lipinski definition) is 5. The molecular weight excluding hydrogens is 330 g/mol. The SMILES string of the molecule is CN1CCN(C2CCN(CC=Cc3ccco3)CC2CCC(=O)O)CC1. The van der Waals surface area contributed by atoms with Crippen LogP contribution in [0, 0.1) is 5.92 Å². The van der Waals surface area contributed by atoms with Gasteiger partial charge in [-0.2, -0.15) is 0 Å². The highest BCUT2D eigenvalue weighted by atomic mass is 16.4. The fourth-order valence-corrected chi connectivity index (χ4v) is 4.19. The van der Waals surface area contributed by atoms with E-state index >= 15 is 0 Å². The molecule has 2 aliphatic rings. The molecule has 0 aromatic carbocycles. The summed E-state index contributed by atoms with van der Waals surface area (Å²) < 4.78 is 5.33. The van der Waals surface area contributed by atoms with E-state index in [2.05, 4.69) is 27.8 Å². The maximum Gasteiger partial charge on any atom is 0.303 e. The summed E-state index contributed by atoms with van der Waals surface area (Å²) in [5, 5.41) is 9.13. The number of hydrogen-bond donors (Lipinski definition) is 1. The summed E-state index contributed by atoms with van der Waals surface area (Å²) in [6.45, 7) is 7.36. The van der Waals surface area contributed by atoms with Gasteiger partial charge in [0.2, 0.25) is 0 Å². The van der Waals surface area contributed by atoms with Gasteiger partial charge in [-0.3, -0.25) is 14.6 Å². The molecule has 3 heterocycles. The van der Waals surface area contributed by atoms with Gasteiger partial charge in [-0.1, -0.05) is 6.08 Å². The minimum absolute atomic E-state index is 0.269. The van der Waals surface area contributed by atoms with Crippen LogP contribution in [0.3, 0.4) is 0 Å². The van der Waals surface area contributed by atoms with E-state index in [1.807, 2.05) is 18.2 Å². The third-order valence-corrected chi connectivity index (χ3v) is 5.70. The number of rotatable bonds is 7. The molecule has 144 valence electrons. The van der Waals surface area contributed by atoms with Crippen molar-refractivity contribution >= 4 is 12.0 Å². The van der Waals surface area contributed by atoms with E-state index in [-0.39, 0.29) is 6.42 Å². The Morgan fingerprint density at radius 2 is 2.12 bits per heavy atom. The van der Waals surface area contributed by atoms with Crippen LogP contribution in [-0.2, 0) is 4.79 Å². The van der Waals surface area contributed by atoms with Crippen LogP contribution in [0.4, 0.5) is 0 Å². The first-order valence-electron chi connectivity index (χ1n) is 9.68. The van der Waals surface area contributed by atoms with Crippen molar-refractivity contribution in [3.05, 3.63) is 30.2 Å². The number of likely N-dealkylation sites (N-methyl/N-ethyl adjacent to an activating group) is 1. The number of carboxylic acids is 1. The van der Waals surface area contributed by atoms with Crippen LogP contribution in [0.15, 0.2) is 28.9 Å². The molecule has 1 aromatic rings. The molecule has 0 aliphatic carbocycles. The fraction of sp³-hybridized carbons (Fsp3) is 0.650. The lowest BCUT2D eigenvalue weighted by atomic mass is 9.86. The third kappa shape index (κ3) is 5.43. The Bertz CT molecular complexity index is 579. The van der Waals surface area contributed by atoms with Crippen molar-refractivity contribution in [2.45, 2.75) is 25.3 Å². The quantitative estimate of drug-likeness (QED) is 0.803. The predicted molar refractivity (Wildman–Crippen MR) is 102 cm³/mol. The Hall–Kier alpha value is -1.63. The molecule has 3 rings (SSSR count). The van der Waals surface area contributed by atoms with Gasteiger partial charge in [0.15, 0.2) is 0 Å². The molecule has 1 N–H and O–H groups in total. The molecular formula is C20H31N3O3. The lowest BCUT2D eigenvalue weighted by Gasteiger charge is -2.46. The second kappa shape index (κ2) is 9.35. The van der Waals surface area contributed by atoms with Gasteiger partial charge in [-0.15, -0.1) is 0 Å². The van der Waals surface area contributed by atoms with Crippen molar-refractivity contribution in [2.75, 3.05) is 52.9 Å². The van der Waals surface area contributed by atoms with E-state index in [0.29, 0.717) is 12.0 Å². The number of piperidine rings is 1. The van der Waals surface area contributed by atoms with Gasteiger partial charge in [0.05, 0.1) is 6.26 Å². The molecule has 2 atom stereocenters.